The van der Waals surface area contributed by atoms with E-state index in [9.17, 15) is 50.4 Å². The lowest BCUT2D eigenvalue weighted by Crippen LogP contribution is -2.77. The first-order valence-corrected chi connectivity index (χ1v) is 28.0. The van der Waals surface area contributed by atoms with E-state index in [-0.39, 0.29) is 54.2 Å². The molecular formula is C56H88N4O12. The van der Waals surface area contributed by atoms with Gasteiger partial charge in [-0.05, 0) is 153 Å². The van der Waals surface area contributed by atoms with Gasteiger partial charge in [0.05, 0.1) is 48.7 Å². The minimum atomic E-state index is -1.68. The summed E-state index contributed by atoms with van der Waals surface area (Å²) in [7, 11) is 0. The van der Waals surface area contributed by atoms with Crippen LogP contribution in [0.2, 0.25) is 0 Å². The van der Waals surface area contributed by atoms with Crippen molar-refractivity contribution in [3.8, 4) is 0 Å². The fourth-order valence-electron chi connectivity index (χ4n) is 19.9. The van der Waals surface area contributed by atoms with Gasteiger partial charge in [0, 0.05) is 35.9 Å². The minimum Gasteiger partial charge on any atom is -0.481 e. The highest BCUT2D eigenvalue weighted by Gasteiger charge is 2.79. The molecule has 2 aliphatic heterocycles. The molecular weight excluding hydrogens is 921 g/mol. The van der Waals surface area contributed by atoms with Crippen LogP contribution in [0.5, 0.6) is 0 Å². The van der Waals surface area contributed by atoms with Crippen LogP contribution in [0.1, 0.15) is 162 Å². The van der Waals surface area contributed by atoms with Gasteiger partial charge < -0.3 is 66.4 Å². The van der Waals surface area contributed by atoms with E-state index in [0.29, 0.717) is 77.2 Å². The van der Waals surface area contributed by atoms with Gasteiger partial charge in [-0.15, -0.1) is 0 Å². The summed E-state index contributed by atoms with van der Waals surface area (Å²) < 4.78 is 12.9. The summed E-state index contributed by atoms with van der Waals surface area (Å²) in [6.45, 7) is 10.7. The van der Waals surface area contributed by atoms with Crippen molar-refractivity contribution in [1.29, 1.82) is 0 Å². The zero-order valence-corrected chi connectivity index (χ0v) is 43.6. The molecule has 2 saturated heterocycles. The molecule has 16 heteroatoms. The van der Waals surface area contributed by atoms with Crippen LogP contribution in [0.4, 0.5) is 0 Å². The SMILES string of the molecule is C[C@]1(CO)CC[C@]2(C(=O)O)CC[C@]3(C)C(=CC[C@@H]4[C@]5(C)[C@H](CC6(CCCC6)[C@]43C)[C@](C)([C@H](O)CO)[C@H](O[C@@H]3OC[C@@H](O)[C@H](O)[C@H]3O)[C@H](O)[C@H]5C[C@H]3[C@@H]([C@H](CCCN)c4cnc[nH]4)NC(=O)C34CCCC4)[C@@H]2C1. The Morgan fingerprint density at radius 1 is 0.903 bits per heavy atom. The number of aromatic nitrogens is 2. The number of imidazole rings is 1. The maximum atomic E-state index is 14.9. The standard InChI is InChI=1S/C56H88N4O12/c1-49(29-62)18-20-56(48(69)70)21-19-50(2)32(35(56)24-49)12-13-38-51(3)34(23-33-41(60-47(68)55(33)16-8-9-17-55)31(11-10-22-57)36-26-58-30-59-36)42(65)45(72-46-44(67)43(66)37(63)28-71-46)52(4,40(64)27-61)39(51)25-54(53(38,50)5)14-6-7-15-54/h12,26,30-31,33-35,37-46,61-67H,6-11,13-25,27-29,57H2,1-5H3,(H,58,59)(H,60,68)(H,69,70)/t31-,33+,34-,35+,37-,38-,39+,40-,41-,42-,43+,44-,45-,46+,49+,50-,51-,52-,53-,56+/m1/s1. The van der Waals surface area contributed by atoms with E-state index in [1.54, 1.807) is 6.33 Å². The van der Waals surface area contributed by atoms with Crippen LogP contribution in [-0.4, -0.2) is 138 Å². The quantitative estimate of drug-likeness (QED) is 0.0946. The molecule has 7 aliphatic carbocycles. The molecule has 1 aromatic rings. The third kappa shape index (κ3) is 7.21. The molecule has 0 unspecified atom stereocenters. The molecule has 16 nitrogen and oxygen atoms in total. The van der Waals surface area contributed by atoms with E-state index in [4.69, 9.17) is 15.2 Å². The van der Waals surface area contributed by atoms with Crippen LogP contribution < -0.4 is 11.1 Å². The van der Waals surface area contributed by atoms with Crippen molar-refractivity contribution in [2.45, 2.75) is 205 Å². The molecule has 6 saturated carbocycles. The molecule has 12 N–H and O–H groups in total. The summed E-state index contributed by atoms with van der Waals surface area (Å²) >= 11 is 0. The lowest BCUT2D eigenvalue weighted by molar-refractivity contribution is -0.359. The fourth-order valence-corrected chi connectivity index (χ4v) is 19.9. The zero-order chi connectivity index (χ0) is 51.6. The average Bonchev–Trinajstić information content (AvgIpc) is 4.21. The van der Waals surface area contributed by atoms with E-state index in [0.717, 1.165) is 50.6 Å². The number of allylic oxidation sites excluding steroid dienone is 2. The topological polar surface area (TPSA) is 281 Å². The number of aliphatic hydroxyl groups is 7. The van der Waals surface area contributed by atoms with Crippen LogP contribution >= 0.6 is 0 Å². The second-order valence-corrected chi connectivity index (χ2v) is 26.5. The van der Waals surface area contributed by atoms with Crippen molar-refractivity contribution in [1.82, 2.24) is 15.3 Å². The van der Waals surface area contributed by atoms with Gasteiger partial charge in [-0.2, -0.15) is 0 Å². The molecule has 0 radical (unpaired) electrons. The Balaban J connectivity index is 1.19. The highest BCUT2D eigenvalue weighted by atomic mass is 16.7. The number of fused-ring (bicyclic) bond motifs is 8. The third-order valence-electron chi connectivity index (χ3n) is 24.1. The average molecular weight is 1010 g/mol. The van der Waals surface area contributed by atoms with Crippen LogP contribution in [0.3, 0.4) is 0 Å². The maximum absolute atomic E-state index is 14.9. The number of carboxylic acids is 1. The molecule has 10 rings (SSSR count). The van der Waals surface area contributed by atoms with Crippen molar-refractivity contribution in [2.24, 2.45) is 78.6 Å². The number of carbonyl (C=O) groups is 2. The summed E-state index contributed by atoms with van der Waals surface area (Å²) in [5.74, 6) is -2.55. The molecule has 1 aromatic heterocycles. The van der Waals surface area contributed by atoms with Crippen LogP contribution in [0, 0.1) is 72.9 Å². The predicted octanol–water partition coefficient (Wildman–Crippen LogP) is 4.68. The van der Waals surface area contributed by atoms with E-state index in [1.807, 2.05) is 13.1 Å². The molecule has 8 fully saturated rings. The van der Waals surface area contributed by atoms with E-state index >= 15 is 0 Å². The van der Waals surface area contributed by atoms with Crippen LogP contribution in [0.25, 0.3) is 0 Å². The van der Waals surface area contributed by atoms with Crippen molar-refractivity contribution in [2.75, 3.05) is 26.4 Å². The number of aliphatic hydroxyl groups excluding tert-OH is 7. The summed E-state index contributed by atoms with van der Waals surface area (Å²) in [6, 6.07) is -0.339. The number of amides is 1. The smallest absolute Gasteiger partial charge is 0.310 e. The zero-order valence-electron chi connectivity index (χ0n) is 43.6. The maximum Gasteiger partial charge on any atom is 0.310 e. The van der Waals surface area contributed by atoms with Gasteiger partial charge in [0.15, 0.2) is 6.29 Å². The second kappa shape index (κ2) is 18.6. The van der Waals surface area contributed by atoms with E-state index < -0.39 is 105 Å². The summed E-state index contributed by atoms with van der Waals surface area (Å²) in [5, 5.41) is 96.6. The Labute approximate surface area is 425 Å². The summed E-state index contributed by atoms with van der Waals surface area (Å²) in [4.78, 5) is 36.5. The van der Waals surface area contributed by atoms with Crippen LogP contribution in [0.15, 0.2) is 24.2 Å². The highest BCUT2D eigenvalue weighted by molar-refractivity contribution is 5.86. The molecule has 2 spiro atoms. The number of carbonyl (C=O) groups excluding carboxylic acids is 1. The Morgan fingerprint density at radius 3 is 2.24 bits per heavy atom. The molecule has 72 heavy (non-hydrogen) atoms. The molecule has 404 valence electrons. The first-order valence-electron chi connectivity index (χ1n) is 28.0. The number of aliphatic carboxylic acids is 1. The van der Waals surface area contributed by atoms with Crippen molar-refractivity contribution in [3.63, 3.8) is 0 Å². The number of nitrogens with one attached hydrogen (secondary N) is 2. The third-order valence-corrected chi connectivity index (χ3v) is 24.1. The van der Waals surface area contributed by atoms with Crippen molar-refractivity contribution >= 4 is 11.9 Å². The number of nitrogens with zero attached hydrogens (tertiary/aromatic N) is 1. The monoisotopic (exact) mass is 1010 g/mol. The Bertz CT molecular complexity index is 2200. The number of aromatic amines is 1. The Morgan fingerprint density at radius 2 is 1.60 bits per heavy atom. The van der Waals surface area contributed by atoms with Gasteiger partial charge in [-0.25, -0.2) is 4.98 Å². The van der Waals surface area contributed by atoms with Gasteiger partial charge in [-0.1, -0.05) is 72.0 Å². The van der Waals surface area contributed by atoms with Gasteiger partial charge in [0.1, 0.15) is 18.3 Å². The largest absolute Gasteiger partial charge is 0.481 e. The minimum absolute atomic E-state index is 0.0156. The fraction of sp³-hybridized carbons (Fsp3) is 0.875. The lowest BCUT2D eigenvalue weighted by atomic mass is 9.26. The summed E-state index contributed by atoms with van der Waals surface area (Å²) in [5.41, 5.74) is 2.79. The number of hydrogen-bond donors (Lipinski definition) is 11. The predicted molar refractivity (Wildman–Crippen MR) is 265 cm³/mol. The van der Waals surface area contributed by atoms with Crippen molar-refractivity contribution in [3.05, 3.63) is 29.9 Å². The van der Waals surface area contributed by atoms with Crippen molar-refractivity contribution < 1.29 is 59.9 Å². The first kappa shape index (κ1) is 52.9. The normalized spacial score (nSPS) is 48.0. The van der Waals surface area contributed by atoms with Gasteiger partial charge in [0.2, 0.25) is 5.91 Å². The number of H-pyrrole nitrogens is 1. The second-order valence-electron chi connectivity index (χ2n) is 26.5. The summed E-state index contributed by atoms with van der Waals surface area (Å²) in [6.07, 6.45) is 8.74. The molecule has 20 atom stereocenters. The molecule has 9 aliphatic rings. The van der Waals surface area contributed by atoms with Gasteiger partial charge in [-0.3, -0.25) is 9.59 Å². The van der Waals surface area contributed by atoms with Gasteiger partial charge >= 0.3 is 5.97 Å². The number of rotatable bonds is 13. The molecule has 0 bridgehead atoms. The molecule has 3 heterocycles. The number of nitrogens with two attached hydrogens (primary N) is 1. The highest BCUT2D eigenvalue weighted by Crippen LogP contribution is 2.83. The molecule has 0 aromatic carbocycles. The Hall–Kier alpha value is -2.51. The molecule has 1 amide bonds. The number of carboxylic acid groups (broad SMARTS) is 1. The lowest BCUT2D eigenvalue weighted by Gasteiger charge is -2.78. The Kier molecular flexibility index (Phi) is 13.7. The number of hydrogen-bond acceptors (Lipinski definition) is 13. The number of ether oxygens (including phenoxy) is 2. The van der Waals surface area contributed by atoms with E-state index in [2.05, 4.69) is 49.1 Å². The van der Waals surface area contributed by atoms with Crippen LogP contribution in [-0.2, 0) is 19.1 Å². The first-order chi connectivity index (χ1) is 34.1. The van der Waals surface area contributed by atoms with Gasteiger partial charge in [0.25, 0.3) is 0 Å². The van der Waals surface area contributed by atoms with E-state index in [1.165, 1.54) is 5.57 Å².